The maximum absolute atomic E-state index is 12.4. The Morgan fingerprint density at radius 1 is 1.19 bits per heavy atom. The third kappa shape index (κ3) is 5.78. The molecular weight excluding hydrogens is 285 g/mol. The molecule has 0 saturated heterocycles. The van der Waals surface area contributed by atoms with Crippen LogP contribution in [-0.2, 0) is 15.7 Å². The molecule has 0 radical (unpaired) electrons. The number of carbonyl (C=O) groups excluding carboxylic acids is 1. The van der Waals surface area contributed by atoms with Gasteiger partial charge in [-0.15, -0.1) is 0 Å². The molecule has 1 aromatic carbocycles. The van der Waals surface area contributed by atoms with Gasteiger partial charge >= 0.3 is 12.1 Å². The van der Waals surface area contributed by atoms with Crippen molar-refractivity contribution in [2.45, 2.75) is 32.5 Å². The van der Waals surface area contributed by atoms with E-state index >= 15 is 0 Å². The van der Waals surface area contributed by atoms with Gasteiger partial charge in [-0.1, -0.05) is 0 Å². The molecule has 0 bridgehead atoms. The molecule has 0 aliphatic carbocycles. The van der Waals surface area contributed by atoms with Gasteiger partial charge in [-0.2, -0.15) is 13.2 Å². The zero-order valence-corrected chi connectivity index (χ0v) is 11.9. The van der Waals surface area contributed by atoms with Crippen molar-refractivity contribution in [3.05, 3.63) is 29.8 Å². The van der Waals surface area contributed by atoms with Crippen LogP contribution in [0, 0.1) is 11.8 Å². The van der Waals surface area contributed by atoms with Crippen molar-refractivity contribution in [2.75, 3.05) is 6.61 Å². The molecule has 0 N–H and O–H groups in total. The average Bonchev–Trinajstić information content (AvgIpc) is 2.36. The maximum atomic E-state index is 12.4. The van der Waals surface area contributed by atoms with E-state index < -0.39 is 23.3 Å². The van der Waals surface area contributed by atoms with Crippen LogP contribution in [0.2, 0.25) is 0 Å². The molecule has 0 aliphatic heterocycles. The van der Waals surface area contributed by atoms with Crippen molar-refractivity contribution in [3.8, 4) is 17.6 Å². The average molecular weight is 300 g/mol. The second kappa shape index (κ2) is 6.53. The van der Waals surface area contributed by atoms with Crippen molar-refractivity contribution in [2.24, 2.45) is 0 Å². The van der Waals surface area contributed by atoms with E-state index in [1.54, 1.807) is 20.8 Å². The van der Waals surface area contributed by atoms with Gasteiger partial charge in [-0.05, 0) is 51.0 Å². The number of hydrogen-bond donors (Lipinski definition) is 0. The molecule has 0 heterocycles. The first-order chi connectivity index (χ1) is 9.64. The summed E-state index contributed by atoms with van der Waals surface area (Å²) < 4.78 is 47.4. The summed E-state index contributed by atoms with van der Waals surface area (Å²) >= 11 is 0. The number of halogens is 3. The Morgan fingerprint density at radius 3 is 2.24 bits per heavy atom. The van der Waals surface area contributed by atoms with Gasteiger partial charge in [0.15, 0.2) is 5.60 Å². The molecule has 1 aromatic rings. The molecule has 1 rings (SSSR count). The summed E-state index contributed by atoms with van der Waals surface area (Å²) in [7, 11) is 0. The van der Waals surface area contributed by atoms with E-state index in [1.807, 2.05) is 0 Å². The van der Waals surface area contributed by atoms with Crippen molar-refractivity contribution in [3.63, 3.8) is 0 Å². The highest BCUT2D eigenvalue weighted by molar-refractivity contribution is 5.88. The normalized spacial score (nSPS) is 11.3. The lowest BCUT2D eigenvalue weighted by Crippen LogP contribution is -2.26. The Labute approximate surface area is 121 Å². The monoisotopic (exact) mass is 300 g/mol. The standard InChI is InChI=1S/C15H15F3O3/c1-4-20-13(19)9-10-14(2,3)21-12-7-5-11(6-8-12)15(16,17)18/h5-8H,4H2,1-3H3. The van der Waals surface area contributed by atoms with Crippen LogP contribution < -0.4 is 4.74 Å². The summed E-state index contributed by atoms with van der Waals surface area (Å²) in [6.07, 6.45) is -4.39. The van der Waals surface area contributed by atoms with Crippen molar-refractivity contribution in [1.29, 1.82) is 0 Å². The van der Waals surface area contributed by atoms with Crippen LogP contribution in [0.5, 0.6) is 5.75 Å². The van der Waals surface area contributed by atoms with E-state index in [-0.39, 0.29) is 12.4 Å². The van der Waals surface area contributed by atoms with Gasteiger partial charge in [0.2, 0.25) is 0 Å². The summed E-state index contributed by atoms with van der Waals surface area (Å²) in [4.78, 5) is 11.1. The molecule has 0 aromatic heterocycles. The summed E-state index contributed by atoms with van der Waals surface area (Å²) in [5.74, 6) is 4.38. The van der Waals surface area contributed by atoms with Gasteiger partial charge < -0.3 is 9.47 Å². The van der Waals surface area contributed by atoms with E-state index in [0.29, 0.717) is 0 Å². The van der Waals surface area contributed by atoms with Gasteiger partial charge in [-0.3, -0.25) is 0 Å². The van der Waals surface area contributed by atoms with Gasteiger partial charge in [0.05, 0.1) is 12.2 Å². The first-order valence-electron chi connectivity index (χ1n) is 6.20. The van der Waals surface area contributed by atoms with Gasteiger partial charge in [0, 0.05) is 5.92 Å². The summed E-state index contributed by atoms with van der Waals surface area (Å²) in [6, 6.07) is 4.25. The SMILES string of the molecule is CCOC(=O)C#CC(C)(C)Oc1ccc(C(F)(F)F)cc1. The number of alkyl halides is 3. The molecule has 0 aliphatic rings. The predicted molar refractivity (Wildman–Crippen MR) is 70.6 cm³/mol. The first-order valence-corrected chi connectivity index (χ1v) is 6.20. The lowest BCUT2D eigenvalue weighted by Gasteiger charge is -2.20. The number of rotatable bonds is 3. The second-order valence-electron chi connectivity index (χ2n) is 4.60. The summed E-state index contributed by atoms with van der Waals surface area (Å²) in [6.45, 7) is 5.06. The van der Waals surface area contributed by atoms with Gasteiger partial charge in [0.1, 0.15) is 5.75 Å². The van der Waals surface area contributed by atoms with Crippen LogP contribution in [0.4, 0.5) is 13.2 Å². The minimum atomic E-state index is -4.39. The molecule has 114 valence electrons. The highest BCUT2D eigenvalue weighted by Crippen LogP contribution is 2.30. The molecule has 21 heavy (non-hydrogen) atoms. The molecule has 0 amide bonds. The topological polar surface area (TPSA) is 35.5 Å². The molecule has 0 unspecified atom stereocenters. The van der Waals surface area contributed by atoms with E-state index in [0.717, 1.165) is 12.1 Å². The van der Waals surface area contributed by atoms with Gasteiger partial charge in [-0.25, -0.2) is 4.79 Å². The molecule has 6 heteroatoms. The van der Waals surface area contributed by atoms with E-state index in [2.05, 4.69) is 16.6 Å². The minimum absolute atomic E-state index is 0.216. The number of esters is 1. The molecule has 0 saturated carbocycles. The Balaban J connectivity index is 2.77. The second-order valence-corrected chi connectivity index (χ2v) is 4.60. The number of ether oxygens (including phenoxy) is 2. The number of carbonyl (C=O) groups is 1. The maximum Gasteiger partial charge on any atom is 0.416 e. The van der Waals surface area contributed by atoms with Crippen LogP contribution in [-0.4, -0.2) is 18.2 Å². The van der Waals surface area contributed by atoms with E-state index in [4.69, 9.17) is 4.74 Å². The zero-order valence-electron chi connectivity index (χ0n) is 11.9. The quantitative estimate of drug-likeness (QED) is 0.487. The predicted octanol–water partition coefficient (Wildman–Crippen LogP) is 3.43. The molecule has 0 fully saturated rings. The molecular formula is C15H15F3O3. The molecule has 0 atom stereocenters. The fourth-order valence-corrected chi connectivity index (χ4v) is 1.40. The lowest BCUT2D eigenvalue weighted by atomic mass is 10.1. The number of hydrogen-bond acceptors (Lipinski definition) is 3. The fourth-order valence-electron chi connectivity index (χ4n) is 1.40. The van der Waals surface area contributed by atoms with Crippen LogP contribution in [0.1, 0.15) is 26.3 Å². The largest absolute Gasteiger partial charge is 0.475 e. The van der Waals surface area contributed by atoms with Crippen molar-refractivity contribution >= 4 is 5.97 Å². The van der Waals surface area contributed by atoms with Crippen LogP contribution in [0.25, 0.3) is 0 Å². The Hall–Kier alpha value is -2.16. The smallest absolute Gasteiger partial charge is 0.416 e. The Bertz CT molecular complexity index is 548. The lowest BCUT2D eigenvalue weighted by molar-refractivity contribution is -0.138. The van der Waals surface area contributed by atoms with Crippen molar-refractivity contribution < 1.29 is 27.4 Å². The summed E-state index contributed by atoms with van der Waals surface area (Å²) in [5.41, 5.74) is -1.79. The minimum Gasteiger partial charge on any atom is -0.475 e. The fraction of sp³-hybridized carbons (Fsp3) is 0.400. The van der Waals surface area contributed by atoms with Crippen molar-refractivity contribution in [1.82, 2.24) is 0 Å². The summed E-state index contributed by atoms with van der Waals surface area (Å²) in [5, 5.41) is 0. The van der Waals surface area contributed by atoms with Gasteiger partial charge in [0.25, 0.3) is 0 Å². The van der Waals surface area contributed by atoms with Crippen LogP contribution in [0.3, 0.4) is 0 Å². The Morgan fingerprint density at radius 2 is 1.76 bits per heavy atom. The Kier molecular flexibility index (Phi) is 5.25. The third-order valence-corrected chi connectivity index (χ3v) is 2.30. The van der Waals surface area contributed by atoms with Crippen LogP contribution >= 0.6 is 0 Å². The van der Waals surface area contributed by atoms with Crippen LogP contribution in [0.15, 0.2) is 24.3 Å². The first kappa shape index (κ1) is 16.9. The third-order valence-electron chi connectivity index (χ3n) is 2.30. The molecule has 3 nitrogen and oxygen atoms in total. The van der Waals surface area contributed by atoms with E-state index in [9.17, 15) is 18.0 Å². The zero-order chi connectivity index (χ0) is 16.1. The van der Waals surface area contributed by atoms with E-state index in [1.165, 1.54) is 12.1 Å². The molecule has 0 spiro atoms. The highest BCUT2D eigenvalue weighted by Gasteiger charge is 2.30. The number of benzene rings is 1. The highest BCUT2D eigenvalue weighted by atomic mass is 19.4.